The molecule has 0 bridgehead atoms. The van der Waals surface area contributed by atoms with Crippen LogP contribution in [0.1, 0.15) is 12.8 Å². The number of carboxylic acids is 2. The zero-order valence-electron chi connectivity index (χ0n) is 12.9. The van der Waals surface area contributed by atoms with Crippen LogP contribution in [0.2, 0.25) is 0 Å². The molecule has 2 atom stereocenters. The molecule has 0 aromatic heterocycles. The summed E-state index contributed by atoms with van der Waals surface area (Å²) < 4.78 is 0. The molecule has 11 nitrogen and oxygen atoms in total. The Labute approximate surface area is 143 Å². The third-order valence-electron chi connectivity index (χ3n) is 2.74. The lowest BCUT2D eigenvalue weighted by Gasteiger charge is -2.17. The van der Waals surface area contributed by atoms with E-state index in [9.17, 15) is 24.0 Å². The lowest BCUT2D eigenvalue weighted by molar-refractivity contribution is -0.139. The van der Waals surface area contributed by atoms with Crippen LogP contribution in [0.4, 0.5) is 4.79 Å². The number of amides is 4. The number of hydrogen-bond acceptors (Lipinski definition) is 6. The zero-order valence-corrected chi connectivity index (χ0v) is 13.8. The minimum atomic E-state index is -1.31. The van der Waals surface area contributed by atoms with Crippen molar-refractivity contribution in [3.63, 3.8) is 0 Å². The maximum atomic E-state index is 11.8. The van der Waals surface area contributed by atoms with E-state index in [2.05, 4.69) is 33.9 Å². The van der Waals surface area contributed by atoms with Crippen LogP contribution >= 0.6 is 12.6 Å². The van der Waals surface area contributed by atoms with Crippen LogP contribution in [0.15, 0.2) is 0 Å². The molecule has 0 fully saturated rings. The number of rotatable bonds is 10. The van der Waals surface area contributed by atoms with Crippen LogP contribution in [0.25, 0.3) is 0 Å². The van der Waals surface area contributed by atoms with Gasteiger partial charge in [-0.2, -0.15) is 12.6 Å². The molecule has 0 aromatic carbocycles. The fraction of sp³-hybridized carbons (Fsp3) is 0.583. The molecule has 0 aromatic rings. The standard InChI is InChI=1S/C12H20N4O7S/c1-13-12(23)16-6(11(21)22)2-3-8(17)15-7(5-24)10(20)14-4-9(18)19/h6-7,24H,2-5H2,1H3,(H,14,20)(H,15,17)(H,18,19)(H,21,22)(H2,13,16,23)/t6-,7-/m0/s1. The molecule has 0 unspecified atom stereocenters. The second kappa shape index (κ2) is 11.1. The van der Waals surface area contributed by atoms with E-state index in [-0.39, 0.29) is 18.6 Å². The Balaban J connectivity index is 4.47. The third kappa shape index (κ3) is 8.82. The Morgan fingerprint density at radius 1 is 1.04 bits per heavy atom. The average molecular weight is 364 g/mol. The molecule has 0 aliphatic carbocycles. The Bertz CT molecular complexity index is 500. The number of carbonyl (C=O) groups excluding carboxylic acids is 3. The van der Waals surface area contributed by atoms with E-state index in [1.807, 2.05) is 0 Å². The highest BCUT2D eigenvalue weighted by Gasteiger charge is 2.23. The first kappa shape index (κ1) is 21.5. The number of nitrogens with one attached hydrogen (secondary N) is 4. The quantitative estimate of drug-likeness (QED) is 0.215. The highest BCUT2D eigenvalue weighted by Crippen LogP contribution is 2.00. The molecule has 0 saturated heterocycles. The van der Waals surface area contributed by atoms with E-state index in [0.717, 1.165) is 0 Å². The summed E-state index contributed by atoms with van der Waals surface area (Å²) in [5.74, 6) is -3.98. The lowest BCUT2D eigenvalue weighted by atomic mass is 10.1. The van der Waals surface area contributed by atoms with Crippen molar-refractivity contribution in [2.24, 2.45) is 0 Å². The molecule has 0 heterocycles. The van der Waals surface area contributed by atoms with Crippen LogP contribution in [-0.2, 0) is 19.2 Å². The van der Waals surface area contributed by atoms with E-state index >= 15 is 0 Å². The number of urea groups is 1. The minimum Gasteiger partial charge on any atom is -0.480 e. The highest BCUT2D eigenvalue weighted by molar-refractivity contribution is 7.80. The van der Waals surface area contributed by atoms with E-state index in [4.69, 9.17) is 10.2 Å². The number of carboxylic acid groups (broad SMARTS) is 2. The maximum absolute atomic E-state index is 11.8. The Kier molecular flexibility index (Phi) is 9.94. The van der Waals surface area contributed by atoms with E-state index in [1.54, 1.807) is 0 Å². The van der Waals surface area contributed by atoms with E-state index < -0.39 is 48.4 Å². The van der Waals surface area contributed by atoms with Crippen molar-refractivity contribution >= 4 is 42.4 Å². The van der Waals surface area contributed by atoms with Gasteiger partial charge in [-0.1, -0.05) is 0 Å². The molecular formula is C12H20N4O7S. The van der Waals surface area contributed by atoms with Crippen LogP contribution in [0.3, 0.4) is 0 Å². The molecule has 12 heteroatoms. The first-order valence-corrected chi connectivity index (χ1v) is 7.45. The summed E-state index contributed by atoms with van der Waals surface area (Å²) in [7, 11) is 1.31. The Morgan fingerprint density at radius 3 is 2.12 bits per heavy atom. The SMILES string of the molecule is CNC(=O)N[C@@H](CCC(=O)N[C@@H](CS)C(=O)NCC(=O)O)C(=O)O. The number of thiol groups is 1. The molecule has 4 amide bonds. The zero-order chi connectivity index (χ0) is 18.7. The number of aliphatic carboxylic acids is 2. The van der Waals surface area contributed by atoms with Crippen LogP contribution < -0.4 is 21.3 Å². The van der Waals surface area contributed by atoms with Gasteiger partial charge in [-0.25, -0.2) is 9.59 Å². The Hall–Kier alpha value is -2.50. The predicted molar refractivity (Wildman–Crippen MR) is 84.7 cm³/mol. The van der Waals surface area contributed by atoms with Crippen molar-refractivity contribution < 1.29 is 34.2 Å². The average Bonchev–Trinajstić information content (AvgIpc) is 2.53. The summed E-state index contributed by atoms with van der Waals surface area (Å²) in [6.45, 7) is -0.601. The van der Waals surface area contributed by atoms with Crippen LogP contribution in [0.5, 0.6) is 0 Å². The van der Waals surface area contributed by atoms with Crippen molar-refractivity contribution in [1.29, 1.82) is 0 Å². The van der Waals surface area contributed by atoms with Gasteiger partial charge in [0.15, 0.2) is 0 Å². The summed E-state index contributed by atoms with van der Waals surface area (Å²) in [5, 5.41) is 26.2. The molecule has 6 N–H and O–H groups in total. The molecule has 0 rings (SSSR count). The van der Waals surface area contributed by atoms with Gasteiger partial charge in [0, 0.05) is 19.2 Å². The van der Waals surface area contributed by atoms with Gasteiger partial charge in [0.2, 0.25) is 11.8 Å². The van der Waals surface area contributed by atoms with Crippen molar-refractivity contribution in [1.82, 2.24) is 21.3 Å². The molecule has 0 saturated carbocycles. The molecule has 0 radical (unpaired) electrons. The highest BCUT2D eigenvalue weighted by atomic mass is 32.1. The smallest absolute Gasteiger partial charge is 0.326 e. The van der Waals surface area contributed by atoms with Gasteiger partial charge in [-0.05, 0) is 6.42 Å². The Morgan fingerprint density at radius 2 is 1.67 bits per heavy atom. The number of hydrogen-bond donors (Lipinski definition) is 7. The molecule has 24 heavy (non-hydrogen) atoms. The minimum absolute atomic E-state index is 0.0734. The first-order chi connectivity index (χ1) is 11.2. The summed E-state index contributed by atoms with van der Waals surface area (Å²) in [4.78, 5) is 55.9. The second-order valence-corrected chi connectivity index (χ2v) is 4.93. The number of carbonyl (C=O) groups is 5. The van der Waals surface area contributed by atoms with Gasteiger partial charge >= 0.3 is 18.0 Å². The molecular weight excluding hydrogens is 344 g/mol. The molecule has 0 spiro atoms. The fourth-order valence-electron chi connectivity index (χ4n) is 1.51. The van der Waals surface area contributed by atoms with Gasteiger partial charge in [-0.15, -0.1) is 0 Å². The summed E-state index contributed by atoms with van der Waals surface area (Å²) in [5.41, 5.74) is 0. The van der Waals surface area contributed by atoms with Crippen molar-refractivity contribution in [3.05, 3.63) is 0 Å². The van der Waals surface area contributed by atoms with E-state index in [1.165, 1.54) is 7.05 Å². The van der Waals surface area contributed by atoms with Crippen molar-refractivity contribution in [3.8, 4) is 0 Å². The topological polar surface area (TPSA) is 174 Å². The largest absolute Gasteiger partial charge is 0.480 e. The molecule has 0 aliphatic rings. The first-order valence-electron chi connectivity index (χ1n) is 6.82. The lowest BCUT2D eigenvalue weighted by Crippen LogP contribution is -2.49. The van der Waals surface area contributed by atoms with Gasteiger partial charge < -0.3 is 31.5 Å². The molecule has 0 aliphatic heterocycles. The molecule has 136 valence electrons. The van der Waals surface area contributed by atoms with Gasteiger partial charge in [0.1, 0.15) is 18.6 Å². The fourth-order valence-corrected chi connectivity index (χ4v) is 1.77. The predicted octanol–water partition coefficient (Wildman–Crippen LogP) is -2.24. The van der Waals surface area contributed by atoms with Gasteiger partial charge in [0.05, 0.1) is 0 Å². The van der Waals surface area contributed by atoms with Gasteiger partial charge in [0.25, 0.3) is 0 Å². The second-order valence-electron chi connectivity index (χ2n) is 4.57. The summed E-state index contributed by atoms with van der Waals surface area (Å²) in [6, 6.07) is -3.04. The maximum Gasteiger partial charge on any atom is 0.326 e. The monoisotopic (exact) mass is 364 g/mol. The summed E-state index contributed by atoms with van der Waals surface area (Å²) in [6.07, 6.45) is -0.456. The third-order valence-corrected chi connectivity index (χ3v) is 3.10. The van der Waals surface area contributed by atoms with Crippen molar-refractivity contribution in [2.75, 3.05) is 19.3 Å². The summed E-state index contributed by atoms with van der Waals surface area (Å²) >= 11 is 3.89. The van der Waals surface area contributed by atoms with Crippen LogP contribution in [0, 0.1) is 0 Å². The van der Waals surface area contributed by atoms with Crippen LogP contribution in [-0.4, -0.2) is 71.4 Å². The van der Waals surface area contributed by atoms with Gasteiger partial charge in [-0.3, -0.25) is 14.4 Å². The normalized spacial score (nSPS) is 12.4. The van der Waals surface area contributed by atoms with Crippen molar-refractivity contribution in [2.45, 2.75) is 24.9 Å². The van der Waals surface area contributed by atoms with E-state index in [0.29, 0.717) is 0 Å².